The van der Waals surface area contributed by atoms with Crippen molar-refractivity contribution in [3.8, 4) is 28.2 Å². The summed E-state index contributed by atoms with van der Waals surface area (Å²) in [5.74, 6) is -1.36. The molecule has 4 rings (SSSR count). The molecular formula is C28H28NO9P. The fourth-order valence-corrected chi connectivity index (χ4v) is 4.70. The predicted molar refractivity (Wildman–Crippen MR) is 146 cm³/mol. The molecule has 0 spiro atoms. The maximum atomic E-state index is 13.0. The molecule has 1 heterocycles. The second-order valence-corrected chi connectivity index (χ2v) is 9.90. The van der Waals surface area contributed by atoms with E-state index in [1.54, 1.807) is 12.1 Å². The Morgan fingerprint density at radius 2 is 1.77 bits per heavy atom. The molecule has 0 saturated heterocycles. The van der Waals surface area contributed by atoms with Gasteiger partial charge >= 0.3 is 14.6 Å². The molecule has 0 saturated carbocycles. The Kier molecular flexibility index (Phi) is 9.27. The second kappa shape index (κ2) is 12.8. The van der Waals surface area contributed by atoms with E-state index in [0.717, 1.165) is 25.7 Å². The maximum Gasteiger partial charge on any atom is 0.336 e. The van der Waals surface area contributed by atoms with Crippen molar-refractivity contribution < 1.29 is 38.2 Å². The van der Waals surface area contributed by atoms with Crippen molar-refractivity contribution in [1.29, 1.82) is 0 Å². The summed E-state index contributed by atoms with van der Waals surface area (Å²) in [6.07, 6.45) is 3.21. The molecule has 2 aromatic carbocycles. The Balaban J connectivity index is 1.59. The number of phenolic OH excluding ortho intramolecular Hbond substituents is 1. The number of hydrogen-bond donors (Lipinski definition) is 4. The third-order valence-electron chi connectivity index (χ3n) is 6.17. The van der Waals surface area contributed by atoms with E-state index in [4.69, 9.17) is 8.94 Å². The molecule has 1 atom stereocenters. The van der Waals surface area contributed by atoms with Crippen molar-refractivity contribution in [2.45, 2.75) is 25.7 Å². The highest BCUT2D eigenvalue weighted by atomic mass is 31.2. The van der Waals surface area contributed by atoms with Gasteiger partial charge in [-0.3, -0.25) is 9.59 Å². The monoisotopic (exact) mass is 553 g/mol. The molecule has 1 amide bonds. The Morgan fingerprint density at radius 1 is 0.974 bits per heavy atom. The molecule has 0 bridgehead atoms. The van der Waals surface area contributed by atoms with Gasteiger partial charge in [0.25, 0.3) is 5.91 Å². The van der Waals surface area contributed by atoms with Crippen LogP contribution in [0.5, 0.6) is 5.75 Å². The summed E-state index contributed by atoms with van der Waals surface area (Å²) in [6.45, 7) is 0.828. The average Bonchev–Trinajstić information content (AvgIpc) is 2.92. The van der Waals surface area contributed by atoms with Crippen LogP contribution in [0.3, 0.4) is 0 Å². The van der Waals surface area contributed by atoms with Crippen LogP contribution in [-0.4, -0.2) is 47.2 Å². The molecule has 2 aliphatic rings. The van der Waals surface area contributed by atoms with E-state index in [1.807, 2.05) is 0 Å². The van der Waals surface area contributed by atoms with Crippen LogP contribution in [0, 0.1) is 0 Å². The van der Waals surface area contributed by atoms with Gasteiger partial charge in [0, 0.05) is 47.9 Å². The number of carbonyl (C=O) groups excluding carboxylic acids is 1. The molecular weight excluding hydrogens is 525 g/mol. The van der Waals surface area contributed by atoms with E-state index < -0.39 is 14.6 Å². The van der Waals surface area contributed by atoms with E-state index in [-0.39, 0.29) is 45.1 Å². The quantitative estimate of drug-likeness (QED) is 0.106. The van der Waals surface area contributed by atoms with Crippen LogP contribution in [0.1, 0.15) is 46.4 Å². The molecule has 0 fully saturated rings. The van der Waals surface area contributed by atoms with E-state index in [0.29, 0.717) is 29.7 Å². The maximum absolute atomic E-state index is 13.0. The number of unbranched alkanes of at least 4 members (excludes halogenated alkanes) is 3. The zero-order valence-electron chi connectivity index (χ0n) is 21.2. The number of nitrogens with one attached hydrogen (secondary N) is 1. The molecule has 0 radical (unpaired) electrons. The zero-order chi connectivity index (χ0) is 27.9. The van der Waals surface area contributed by atoms with Crippen molar-refractivity contribution in [1.82, 2.24) is 5.32 Å². The number of carboxylic acid groups (broad SMARTS) is 1. The van der Waals surface area contributed by atoms with Crippen molar-refractivity contribution in [2.75, 3.05) is 20.3 Å². The predicted octanol–water partition coefficient (Wildman–Crippen LogP) is 5.14. The number of phenols is 1. The van der Waals surface area contributed by atoms with Crippen molar-refractivity contribution in [3.63, 3.8) is 0 Å². The topological polar surface area (TPSA) is 156 Å². The number of carbonyl (C=O) groups is 2. The number of rotatable bonds is 12. The van der Waals surface area contributed by atoms with Gasteiger partial charge in [-0.25, -0.2) is 4.79 Å². The average molecular weight is 554 g/mol. The normalized spacial score (nSPS) is 12.1. The number of benzene rings is 3. The van der Waals surface area contributed by atoms with Gasteiger partial charge in [-0.05, 0) is 60.9 Å². The Bertz CT molecular complexity index is 1520. The van der Waals surface area contributed by atoms with Crippen LogP contribution in [-0.2, 0) is 9.05 Å². The summed E-state index contributed by atoms with van der Waals surface area (Å²) < 4.78 is 15.6. The van der Waals surface area contributed by atoms with Gasteiger partial charge in [0.15, 0.2) is 5.43 Å². The number of carboxylic acids is 1. The lowest BCUT2D eigenvalue weighted by Gasteiger charge is -2.17. The first-order chi connectivity index (χ1) is 18.8. The van der Waals surface area contributed by atoms with Gasteiger partial charge in [0.1, 0.15) is 17.1 Å². The summed E-state index contributed by atoms with van der Waals surface area (Å²) in [6, 6.07) is 13.0. The van der Waals surface area contributed by atoms with Gasteiger partial charge in [-0.2, -0.15) is 0 Å². The minimum atomic E-state index is -1.81. The lowest BCUT2D eigenvalue weighted by Crippen LogP contribution is -2.24. The first-order valence-corrected chi connectivity index (χ1v) is 13.4. The summed E-state index contributed by atoms with van der Waals surface area (Å²) in [7, 11) is -0.437. The van der Waals surface area contributed by atoms with Gasteiger partial charge < -0.3 is 33.9 Å². The van der Waals surface area contributed by atoms with Crippen LogP contribution < -0.4 is 10.7 Å². The minimum Gasteiger partial charge on any atom is -0.508 e. The lowest BCUT2D eigenvalue weighted by molar-refractivity contribution is 0.0697. The highest BCUT2D eigenvalue weighted by Crippen LogP contribution is 2.42. The molecule has 10 nitrogen and oxygen atoms in total. The highest BCUT2D eigenvalue weighted by molar-refractivity contribution is 7.40. The molecule has 39 heavy (non-hydrogen) atoms. The summed E-state index contributed by atoms with van der Waals surface area (Å²) in [4.78, 5) is 46.4. The fourth-order valence-electron chi connectivity index (χ4n) is 4.31. The number of fused-ring (bicyclic) bond motifs is 2. The number of aromatic carboxylic acids is 1. The molecule has 2 aromatic rings. The standard InChI is InChI=1S/C28H28NO9P/c1-36-39(35)37-13-5-3-2-4-12-29-27(32)17-6-9-20(28(33)34)23(14-17)26-21-10-7-18(30)15-24(21)38-25-16-19(31)8-11-22(25)26/h6-11,14-16,30,35H,2-5,12-13H2,1H3,(H,29,32)(H,33,34). The van der Waals surface area contributed by atoms with Gasteiger partial charge in [-0.15, -0.1) is 0 Å². The SMILES string of the molecule is COP(O)OCCCCCCNC(=O)c1ccc(C(=O)O)c(-c2c3ccc(=O)cc-3oc3cc(O)ccc23)c1. The molecule has 1 unspecified atom stereocenters. The van der Waals surface area contributed by atoms with Crippen molar-refractivity contribution in [2.24, 2.45) is 0 Å². The summed E-state index contributed by atoms with van der Waals surface area (Å²) in [5, 5.41) is 23.3. The van der Waals surface area contributed by atoms with Crippen LogP contribution in [0.2, 0.25) is 0 Å². The van der Waals surface area contributed by atoms with Crippen LogP contribution in [0.15, 0.2) is 63.8 Å². The Labute approximate surface area is 225 Å². The molecule has 11 heteroatoms. The third-order valence-corrected chi connectivity index (χ3v) is 6.89. The largest absolute Gasteiger partial charge is 0.508 e. The van der Waals surface area contributed by atoms with Gasteiger partial charge in [0.05, 0.1) is 12.2 Å². The van der Waals surface area contributed by atoms with E-state index in [2.05, 4.69) is 9.84 Å². The van der Waals surface area contributed by atoms with E-state index >= 15 is 0 Å². The summed E-state index contributed by atoms with van der Waals surface area (Å²) >= 11 is 0. The Hall–Kier alpha value is -3.82. The fraction of sp³-hybridized carbons (Fsp3) is 0.250. The van der Waals surface area contributed by atoms with E-state index in [9.17, 15) is 29.5 Å². The lowest BCUT2D eigenvalue weighted by atomic mass is 9.89. The zero-order valence-corrected chi connectivity index (χ0v) is 22.1. The molecule has 204 valence electrons. The molecule has 0 aromatic heterocycles. The van der Waals surface area contributed by atoms with Crippen molar-refractivity contribution >= 4 is 31.4 Å². The Morgan fingerprint density at radius 3 is 2.54 bits per heavy atom. The van der Waals surface area contributed by atoms with Crippen molar-refractivity contribution in [3.05, 3.63) is 75.9 Å². The molecule has 4 N–H and O–H groups in total. The first-order valence-electron chi connectivity index (χ1n) is 12.3. The van der Waals surface area contributed by atoms with Crippen LogP contribution >= 0.6 is 8.60 Å². The summed E-state index contributed by atoms with van der Waals surface area (Å²) in [5.41, 5.74) is 1.48. The first kappa shape index (κ1) is 28.2. The smallest absolute Gasteiger partial charge is 0.336 e. The van der Waals surface area contributed by atoms with Crippen LogP contribution in [0.4, 0.5) is 0 Å². The number of amides is 1. The number of hydrogen-bond acceptors (Lipinski definition) is 8. The number of aromatic hydroxyl groups is 1. The van der Waals surface area contributed by atoms with Crippen LogP contribution in [0.25, 0.3) is 33.4 Å². The molecule has 1 aliphatic carbocycles. The molecule has 1 aliphatic heterocycles. The minimum absolute atomic E-state index is 0.0261. The highest BCUT2D eigenvalue weighted by Gasteiger charge is 2.23. The third kappa shape index (κ3) is 6.79. The van der Waals surface area contributed by atoms with Gasteiger partial charge in [0.2, 0.25) is 0 Å². The van der Waals surface area contributed by atoms with E-state index in [1.165, 1.54) is 49.6 Å². The second-order valence-electron chi connectivity index (χ2n) is 8.80. The van der Waals surface area contributed by atoms with Gasteiger partial charge in [-0.1, -0.05) is 12.8 Å².